The van der Waals surface area contributed by atoms with E-state index in [1.807, 2.05) is 78.9 Å². The molecule has 1 amide bonds. The van der Waals surface area contributed by atoms with Crippen molar-refractivity contribution >= 4 is 45.6 Å². The summed E-state index contributed by atoms with van der Waals surface area (Å²) in [6.07, 6.45) is 0. The molecule has 4 rings (SSSR count). The Morgan fingerprint density at radius 2 is 1.52 bits per heavy atom. The molecule has 144 valence electrons. The van der Waals surface area contributed by atoms with Crippen molar-refractivity contribution in [3.63, 3.8) is 0 Å². The summed E-state index contributed by atoms with van der Waals surface area (Å²) < 4.78 is 0. The summed E-state index contributed by atoms with van der Waals surface area (Å²) in [5, 5.41) is 8.27. The molecule has 0 aliphatic carbocycles. The van der Waals surface area contributed by atoms with Crippen molar-refractivity contribution < 1.29 is 4.79 Å². The normalized spacial score (nSPS) is 10.7. The maximum Gasteiger partial charge on any atom is 0.234 e. The van der Waals surface area contributed by atoms with Gasteiger partial charge in [-0.25, -0.2) is 4.98 Å². The predicted molar refractivity (Wildman–Crippen MR) is 122 cm³/mol. The minimum Gasteiger partial charge on any atom is -0.356 e. The molecule has 1 heterocycles. The Morgan fingerprint density at radius 3 is 2.31 bits per heavy atom. The number of para-hydroxylation sites is 2. The lowest BCUT2D eigenvalue weighted by Crippen LogP contribution is -2.14. The van der Waals surface area contributed by atoms with Gasteiger partial charge in [-0.15, -0.1) is 0 Å². The van der Waals surface area contributed by atoms with Crippen molar-refractivity contribution in [3.05, 3.63) is 90.5 Å². The second-order valence-electron chi connectivity index (χ2n) is 6.70. The van der Waals surface area contributed by atoms with Gasteiger partial charge in [-0.05, 0) is 61.0 Å². The third-order valence-corrected chi connectivity index (χ3v) is 5.39. The number of pyridine rings is 1. The quantitative estimate of drug-likeness (QED) is 0.389. The van der Waals surface area contributed by atoms with Crippen LogP contribution in [-0.2, 0) is 4.79 Å². The summed E-state index contributed by atoms with van der Waals surface area (Å²) in [5.41, 5.74) is 4.90. The highest BCUT2D eigenvalue weighted by molar-refractivity contribution is 7.99. The smallest absolute Gasteiger partial charge is 0.234 e. The fraction of sp³-hybridized carbons (Fsp3) is 0.0833. The van der Waals surface area contributed by atoms with Crippen LogP contribution in [0.1, 0.15) is 5.56 Å². The lowest BCUT2D eigenvalue weighted by Gasteiger charge is -2.09. The van der Waals surface area contributed by atoms with Gasteiger partial charge < -0.3 is 10.6 Å². The van der Waals surface area contributed by atoms with E-state index in [1.54, 1.807) is 0 Å². The first-order valence-corrected chi connectivity index (χ1v) is 10.4. The van der Waals surface area contributed by atoms with Crippen LogP contribution in [0, 0.1) is 6.92 Å². The molecule has 0 radical (unpaired) electrons. The van der Waals surface area contributed by atoms with Gasteiger partial charge in [0.2, 0.25) is 5.91 Å². The largest absolute Gasteiger partial charge is 0.356 e. The van der Waals surface area contributed by atoms with Crippen molar-refractivity contribution in [2.45, 2.75) is 11.9 Å². The fourth-order valence-corrected chi connectivity index (χ4v) is 3.83. The Bertz CT molecular complexity index is 1130. The van der Waals surface area contributed by atoms with E-state index in [0.29, 0.717) is 5.75 Å². The van der Waals surface area contributed by atoms with Gasteiger partial charge in [-0.1, -0.05) is 48.2 Å². The minimum atomic E-state index is -0.0496. The van der Waals surface area contributed by atoms with E-state index in [-0.39, 0.29) is 5.91 Å². The number of nitrogens with zero attached hydrogens (tertiary/aromatic N) is 1. The molecule has 0 saturated heterocycles. The number of carbonyl (C=O) groups excluding carboxylic acids is 1. The molecule has 0 spiro atoms. The Kier molecular flexibility index (Phi) is 5.77. The Balaban J connectivity index is 1.34. The van der Waals surface area contributed by atoms with Crippen LogP contribution in [0.15, 0.2) is 90.0 Å². The summed E-state index contributed by atoms with van der Waals surface area (Å²) >= 11 is 1.45. The zero-order chi connectivity index (χ0) is 20.1. The zero-order valence-electron chi connectivity index (χ0n) is 16.1. The first-order chi connectivity index (χ1) is 14.2. The first kappa shape index (κ1) is 19.0. The van der Waals surface area contributed by atoms with Crippen LogP contribution in [0.5, 0.6) is 0 Å². The van der Waals surface area contributed by atoms with Crippen molar-refractivity contribution in [1.82, 2.24) is 4.98 Å². The second kappa shape index (κ2) is 8.80. The SMILES string of the molecule is Cc1cc(SCC(=O)Nc2ccc(Nc3ccccc3)cc2)nc2ccccc12. The summed E-state index contributed by atoms with van der Waals surface area (Å²) in [7, 11) is 0. The van der Waals surface area contributed by atoms with E-state index in [1.165, 1.54) is 17.3 Å². The van der Waals surface area contributed by atoms with Gasteiger partial charge >= 0.3 is 0 Å². The molecule has 5 heteroatoms. The van der Waals surface area contributed by atoms with Gasteiger partial charge in [0.05, 0.1) is 16.3 Å². The van der Waals surface area contributed by atoms with E-state index in [0.717, 1.165) is 33.0 Å². The molecule has 0 aliphatic rings. The maximum absolute atomic E-state index is 12.3. The molecule has 3 aromatic carbocycles. The van der Waals surface area contributed by atoms with E-state index < -0.39 is 0 Å². The number of anilines is 3. The second-order valence-corrected chi connectivity index (χ2v) is 7.70. The van der Waals surface area contributed by atoms with E-state index in [9.17, 15) is 4.79 Å². The number of carbonyl (C=O) groups is 1. The number of rotatable bonds is 6. The molecule has 0 atom stereocenters. The molecule has 2 N–H and O–H groups in total. The predicted octanol–water partition coefficient (Wildman–Crippen LogP) is 6.02. The third kappa shape index (κ3) is 4.95. The summed E-state index contributed by atoms with van der Waals surface area (Å²) in [6.45, 7) is 2.07. The van der Waals surface area contributed by atoms with Crippen LogP contribution in [0.25, 0.3) is 10.9 Å². The van der Waals surface area contributed by atoms with Crippen LogP contribution in [0.3, 0.4) is 0 Å². The number of thioether (sulfide) groups is 1. The first-order valence-electron chi connectivity index (χ1n) is 9.38. The number of aromatic nitrogens is 1. The molecule has 0 unspecified atom stereocenters. The molecular formula is C24H21N3OS. The highest BCUT2D eigenvalue weighted by atomic mass is 32.2. The molecule has 4 aromatic rings. The third-order valence-electron chi connectivity index (χ3n) is 4.48. The number of aryl methyl sites for hydroxylation is 1. The summed E-state index contributed by atoms with van der Waals surface area (Å²) in [6, 6.07) is 27.7. The number of hydrogen-bond donors (Lipinski definition) is 2. The summed E-state index contributed by atoms with van der Waals surface area (Å²) in [4.78, 5) is 17.0. The lowest BCUT2D eigenvalue weighted by molar-refractivity contribution is -0.113. The highest BCUT2D eigenvalue weighted by Gasteiger charge is 2.07. The van der Waals surface area contributed by atoms with Crippen molar-refractivity contribution in [3.8, 4) is 0 Å². The van der Waals surface area contributed by atoms with Gasteiger partial charge in [-0.2, -0.15) is 0 Å². The molecule has 0 bridgehead atoms. The minimum absolute atomic E-state index is 0.0496. The monoisotopic (exact) mass is 399 g/mol. The molecule has 0 fully saturated rings. The number of benzene rings is 3. The van der Waals surface area contributed by atoms with Gasteiger partial charge in [-0.3, -0.25) is 4.79 Å². The van der Waals surface area contributed by atoms with Gasteiger partial charge in [0.15, 0.2) is 0 Å². The Hall–Kier alpha value is -3.31. The van der Waals surface area contributed by atoms with E-state index in [2.05, 4.69) is 28.6 Å². The van der Waals surface area contributed by atoms with Crippen LogP contribution in [-0.4, -0.2) is 16.6 Å². The number of hydrogen-bond acceptors (Lipinski definition) is 4. The number of amides is 1. The fourth-order valence-electron chi connectivity index (χ4n) is 3.05. The lowest BCUT2D eigenvalue weighted by atomic mass is 10.1. The molecule has 29 heavy (non-hydrogen) atoms. The molecule has 0 saturated carbocycles. The molecule has 0 aliphatic heterocycles. The molecular weight excluding hydrogens is 378 g/mol. The van der Waals surface area contributed by atoms with Crippen molar-refractivity contribution in [1.29, 1.82) is 0 Å². The van der Waals surface area contributed by atoms with Crippen LogP contribution >= 0.6 is 11.8 Å². The van der Waals surface area contributed by atoms with Gasteiger partial charge in [0.25, 0.3) is 0 Å². The van der Waals surface area contributed by atoms with Crippen molar-refractivity contribution in [2.75, 3.05) is 16.4 Å². The molecule has 1 aromatic heterocycles. The van der Waals surface area contributed by atoms with Crippen molar-refractivity contribution in [2.24, 2.45) is 0 Å². The van der Waals surface area contributed by atoms with E-state index in [4.69, 9.17) is 0 Å². The summed E-state index contributed by atoms with van der Waals surface area (Å²) in [5.74, 6) is 0.265. The average molecular weight is 400 g/mol. The Labute approximate surface area is 174 Å². The highest BCUT2D eigenvalue weighted by Crippen LogP contribution is 2.24. The maximum atomic E-state index is 12.3. The zero-order valence-corrected chi connectivity index (χ0v) is 16.9. The van der Waals surface area contributed by atoms with Gasteiger partial charge in [0.1, 0.15) is 0 Å². The number of nitrogens with one attached hydrogen (secondary N) is 2. The van der Waals surface area contributed by atoms with Crippen LogP contribution < -0.4 is 10.6 Å². The van der Waals surface area contributed by atoms with Gasteiger partial charge in [0, 0.05) is 22.4 Å². The Morgan fingerprint density at radius 1 is 0.862 bits per heavy atom. The van der Waals surface area contributed by atoms with Crippen LogP contribution in [0.4, 0.5) is 17.1 Å². The van der Waals surface area contributed by atoms with Crippen LogP contribution in [0.2, 0.25) is 0 Å². The number of fused-ring (bicyclic) bond motifs is 1. The standard InChI is InChI=1S/C24H21N3OS/c1-17-15-24(27-22-10-6-5-9-21(17)22)29-16-23(28)26-20-13-11-19(12-14-20)25-18-7-3-2-4-8-18/h2-15,25H,16H2,1H3,(H,26,28). The average Bonchev–Trinajstić information content (AvgIpc) is 2.74. The topological polar surface area (TPSA) is 54.0 Å². The molecule has 4 nitrogen and oxygen atoms in total. The van der Waals surface area contributed by atoms with E-state index >= 15 is 0 Å².